The largest absolute Gasteiger partial charge is 0.398 e. The van der Waals surface area contributed by atoms with Crippen LogP contribution in [0.25, 0.3) is 0 Å². The summed E-state index contributed by atoms with van der Waals surface area (Å²) in [5, 5.41) is 0. The van der Waals surface area contributed by atoms with Gasteiger partial charge in [-0.2, -0.15) is 0 Å². The molecular formula is C17H18N2O2. The molecule has 2 rings (SSSR count). The quantitative estimate of drug-likeness (QED) is 0.825. The lowest BCUT2D eigenvalue weighted by molar-refractivity contribution is 0.0960. The number of pyridine rings is 1. The Morgan fingerprint density at radius 2 is 1.86 bits per heavy atom. The SMILES string of the molecule is CCCCC(=O)c1nccc(N)c1C(=O)c1ccccc1. The normalized spacial score (nSPS) is 10.3. The third-order valence-corrected chi connectivity index (χ3v) is 3.27. The molecule has 4 nitrogen and oxygen atoms in total. The summed E-state index contributed by atoms with van der Waals surface area (Å²) in [6, 6.07) is 10.3. The number of hydrogen-bond donors (Lipinski definition) is 1. The zero-order valence-corrected chi connectivity index (χ0v) is 12.0. The van der Waals surface area contributed by atoms with Crippen molar-refractivity contribution in [2.24, 2.45) is 0 Å². The molecule has 1 aromatic carbocycles. The number of Topliss-reactive ketones (excluding diaryl/α,β-unsaturated/α-hetero) is 1. The molecule has 4 heteroatoms. The van der Waals surface area contributed by atoms with E-state index in [-0.39, 0.29) is 22.8 Å². The lowest BCUT2D eigenvalue weighted by Crippen LogP contribution is -2.15. The molecule has 1 aromatic heterocycles. The fraction of sp³-hybridized carbons (Fsp3) is 0.235. The predicted octanol–water partition coefficient (Wildman–Crippen LogP) is 3.27. The van der Waals surface area contributed by atoms with Crippen molar-refractivity contribution in [3.63, 3.8) is 0 Å². The van der Waals surface area contributed by atoms with E-state index in [0.29, 0.717) is 17.7 Å². The second-order valence-electron chi connectivity index (χ2n) is 4.85. The van der Waals surface area contributed by atoms with Gasteiger partial charge in [0.2, 0.25) is 0 Å². The first-order valence-electron chi connectivity index (χ1n) is 7.02. The van der Waals surface area contributed by atoms with Gasteiger partial charge in [-0.15, -0.1) is 0 Å². The topological polar surface area (TPSA) is 73.1 Å². The average molecular weight is 282 g/mol. The molecule has 0 fully saturated rings. The average Bonchev–Trinajstić information content (AvgIpc) is 2.52. The molecule has 0 amide bonds. The summed E-state index contributed by atoms with van der Waals surface area (Å²) < 4.78 is 0. The van der Waals surface area contributed by atoms with E-state index in [1.807, 2.05) is 13.0 Å². The number of benzene rings is 1. The highest BCUT2D eigenvalue weighted by atomic mass is 16.1. The number of carbonyl (C=O) groups is 2. The van der Waals surface area contributed by atoms with Crippen LogP contribution in [0.2, 0.25) is 0 Å². The van der Waals surface area contributed by atoms with Gasteiger partial charge in [-0.25, -0.2) is 0 Å². The van der Waals surface area contributed by atoms with Crippen molar-refractivity contribution in [3.8, 4) is 0 Å². The van der Waals surface area contributed by atoms with Crippen LogP contribution in [-0.2, 0) is 0 Å². The van der Waals surface area contributed by atoms with Crippen molar-refractivity contribution in [1.82, 2.24) is 4.98 Å². The molecule has 0 bridgehead atoms. The molecule has 0 aliphatic carbocycles. The van der Waals surface area contributed by atoms with Gasteiger partial charge in [0.05, 0.1) is 5.56 Å². The highest BCUT2D eigenvalue weighted by molar-refractivity contribution is 6.17. The van der Waals surface area contributed by atoms with Crippen molar-refractivity contribution in [2.45, 2.75) is 26.2 Å². The lowest BCUT2D eigenvalue weighted by Gasteiger charge is -2.09. The van der Waals surface area contributed by atoms with E-state index in [4.69, 9.17) is 5.73 Å². The smallest absolute Gasteiger partial charge is 0.197 e. The maximum atomic E-state index is 12.6. The van der Waals surface area contributed by atoms with Crippen LogP contribution in [0.1, 0.15) is 52.6 Å². The minimum absolute atomic E-state index is 0.136. The van der Waals surface area contributed by atoms with E-state index in [2.05, 4.69) is 4.98 Å². The van der Waals surface area contributed by atoms with E-state index >= 15 is 0 Å². The first-order chi connectivity index (χ1) is 10.1. The van der Waals surface area contributed by atoms with E-state index in [0.717, 1.165) is 12.8 Å². The standard InChI is InChI=1S/C17H18N2O2/c1-2-3-9-14(20)16-15(13(18)10-11-19-16)17(21)12-7-5-4-6-8-12/h4-8,10-11H,2-3,9H2,1H3,(H2,18,19). The molecule has 0 unspecified atom stereocenters. The van der Waals surface area contributed by atoms with Crippen LogP contribution in [0, 0.1) is 0 Å². The first-order valence-corrected chi connectivity index (χ1v) is 7.02. The summed E-state index contributed by atoms with van der Waals surface area (Å²) in [6.07, 6.45) is 3.53. The molecule has 1 heterocycles. The number of anilines is 1. The summed E-state index contributed by atoms with van der Waals surface area (Å²) in [4.78, 5) is 28.9. The molecule has 0 aliphatic heterocycles. The Bertz CT molecular complexity index is 651. The Morgan fingerprint density at radius 1 is 1.14 bits per heavy atom. The van der Waals surface area contributed by atoms with Crippen LogP contribution in [0.4, 0.5) is 5.69 Å². The summed E-state index contributed by atoms with van der Waals surface area (Å²) in [5.74, 6) is -0.399. The zero-order valence-electron chi connectivity index (χ0n) is 12.0. The molecule has 0 saturated heterocycles. The molecule has 2 aromatic rings. The molecule has 0 aliphatic rings. The number of nitrogen functional groups attached to an aromatic ring is 1. The van der Waals surface area contributed by atoms with E-state index in [1.165, 1.54) is 6.20 Å². The van der Waals surface area contributed by atoms with Crippen LogP contribution in [-0.4, -0.2) is 16.6 Å². The number of ketones is 2. The Morgan fingerprint density at radius 3 is 2.52 bits per heavy atom. The van der Waals surface area contributed by atoms with Crippen LogP contribution in [0.15, 0.2) is 42.6 Å². The van der Waals surface area contributed by atoms with Gasteiger partial charge in [0.15, 0.2) is 11.6 Å². The maximum Gasteiger partial charge on any atom is 0.197 e. The van der Waals surface area contributed by atoms with Crippen LogP contribution < -0.4 is 5.73 Å². The van der Waals surface area contributed by atoms with Crippen LogP contribution >= 0.6 is 0 Å². The summed E-state index contributed by atoms with van der Waals surface area (Å²) in [5.41, 5.74) is 7.10. The summed E-state index contributed by atoms with van der Waals surface area (Å²) >= 11 is 0. The molecule has 0 spiro atoms. The fourth-order valence-corrected chi connectivity index (χ4v) is 2.12. The fourth-order valence-electron chi connectivity index (χ4n) is 2.12. The third-order valence-electron chi connectivity index (χ3n) is 3.27. The number of rotatable bonds is 6. The monoisotopic (exact) mass is 282 g/mol. The first kappa shape index (κ1) is 14.9. The zero-order chi connectivity index (χ0) is 15.2. The number of hydrogen-bond acceptors (Lipinski definition) is 4. The van der Waals surface area contributed by atoms with Gasteiger partial charge >= 0.3 is 0 Å². The van der Waals surface area contributed by atoms with Gasteiger partial charge in [-0.05, 0) is 12.5 Å². The third kappa shape index (κ3) is 3.34. The van der Waals surface area contributed by atoms with Gasteiger partial charge in [-0.1, -0.05) is 43.7 Å². The number of unbranched alkanes of at least 4 members (excludes halogenated alkanes) is 1. The molecule has 108 valence electrons. The molecule has 0 saturated carbocycles. The summed E-state index contributed by atoms with van der Waals surface area (Å²) in [6.45, 7) is 2.01. The highest BCUT2D eigenvalue weighted by Crippen LogP contribution is 2.21. The molecule has 2 N–H and O–H groups in total. The second kappa shape index (κ2) is 6.79. The lowest BCUT2D eigenvalue weighted by atomic mass is 9.97. The predicted molar refractivity (Wildman–Crippen MR) is 82.4 cm³/mol. The Balaban J connectivity index is 2.43. The number of carbonyl (C=O) groups excluding carboxylic acids is 2. The van der Waals surface area contributed by atoms with Gasteiger partial charge in [0.25, 0.3) is 0 Å². The van der Waals surface area contributed by atoms with Crippen molar-refractivity contribution in [3.05, 3.63) is 59.4 Å². The van der Waals surface area contributed by atoms with Crippen molar-refractivity contribution >= 4 is 17.3 Å². The van der Waals surface area contributed by atoms with Gasteiger partial charge in [-0.3, -0.25) is 14.6 Å². The number of nitrogens with zero attached hydrogens (tertiary/aromatic N) is 1. The van der Waals surface area contributed by atoms with E-state index in [9.17, 15) is 9.59 Å². The molecule has 0 atom stereocenters. The Hall–Kier alpha value is -2.49. The van der Waals surface area contributed by atoms with Crippen LogP contribution in [0.5, 0.6) is 0 Å². The van der Waals surface area contributed by atoms with E-state index < -0.39 is 0 Å². The summed E-state index contributed by atoms with van der Waals surface area (Å²) in [7, 11) is 0. The van der Waals surface area contributed by atoms with Crippen molar-refractivity contribution < 1.29 is 9.59 Å². The molecular weight excluding hydrogens is 264 g/mol. The Labute approximate surface area is 124 Å². The number of aromatic nitrogens is 1. The van der Waals surface area contributed by atoms with Crippen molar-refractivity contribution in [1.29, 1.82) is 0 Å². The Kier molecular flexibility index (Phi) is 4.82. The number of nitrogens with two attached hydrogens (primary N) is 1. The van der Waals surface area contributed by atoms with Crippen molar-refractivity contribution in [2.75, 3.05) is 5.73 Å². The molecule has 21 heavy (non-hydrogen) atoms. The molecule has 0 radical (unpaired) electrons. The van der Waals surface area contributed by atoms with Gasteiger partial charge in [0.1, 0.15) is 5.69 Å². The second-order valence-corrected chi connectivity index (χ2v) is 4.85. The van der Waals surface area contributed by atoms with Gasteiger partial charge < -0.3 is 5.73 Å². The maximum absolute atomic E-state index is 12.6. The van der Waals surface area contributed by atoms with E-state index in [1.54, 1.807) is 30.3 Å². The minimum atomic E-state index is -0.263. The minimum Gasteiger partial charge on any atom is -0.398 e. The highest BCUT2D eigenvalue weighted by Gasteiger charge is 2.21. The van der Waals surface area contributed by atoms with Crippen LogP contribution in [0.3, 0.4) is 0 Å². The van der Waals surface area contributed by atoms with Gasteiger partial charge in [0, 0.05) is 23.9 Å².